The molecule has 0 saturated heterocycles. The molecular weight excluding hydrogens is 400 g/mol. The van der Waals surface area contributed by atoms with Gasteiger partial charge in [-0.1, -0.05) is 62.4 Å². The number of hydrogen-bond acceptors (Lipinski definition) is 4. The second-order valence-electron chi connectivity index (χ2n) is 8.51. The SMILES string of the molecule is CCN(C1=C(c2ccc(OC)cc2)C(=O)N(C2CCCCCCC2)C1=O)c1ccccc1. The van der Waals surface area contributed by atoms with Crippen molar-refractivity contribution in [3.63, 3.8) is 0 Å². The highest BCUT2D eigenvalue weighted by atomic mass is 16.5. The van der Waals surface area contributed by atoms with E-state index < -0.39 is 0 Å². The van der Waals surface area contributed by atoms with E-state index in [0.29, 0.717) is 17.8 Å². The largest absolute Gasteiger partial charge is 0.497 e. The van der Waals surface area contributed by atoms with Crippen molar-refractivity contribution in [2.75, 3.05) is 18.6 Å². The molecule has 1 heterocycles. The monoisotopic (exact) mass is 432 g/mol. The van der Waals surface area contributed by atoms with E-state index in [2.05, 4.69) is 0 Å². The van der Waals surface area contributed by atoms with E-state index in [4.69, 9.17) is 4.74 Å². The summed E-state index contributed by atoms with van der Waals surface area (Å²) >= 11 is 0. The Bertz CT molecular complexity index is 974. The molecule has 1 saturated carbocycles. The van der Waals surface area contributed by atoms with Gasteiger partial charge < -0.3 is 9.64 Å². The van der Waals surface area contributed by atoms with E-state index in [0.717, 1.165) is 42.7 Å². The van der Waals surface area contributed by atoms with Crippen LogP contribution >= 0.6 is 0 Å². The van der Waals surface area contributed by atoms with Crippen LogP contribution in [0.2, 0.25) is 0 Å². The highest BCUT2D eigenvalue weighted by Gasteiger charge is 2.44. The van der Waals surface area contributed by atoms with Gasteiger partial charge >= 0.3 is 0 Å². The fourth-order valence-corrected chi connectivity index (χ4v) is 4.91. The highest BCUT2D eigenvalue weighted by Crippen LogP contribution is 2.37. The highest BCUT2D eigenvalue weighted by molar-refractivity contribution is 6.36. The van der Waals surface area contributed by atoms with E-state index in [9.17, 15) is 9.59 Å². The van der Waals surface area contributed by atoms with E-state index in [1.165, 1.54) is 19.3 Å². The summed E-state index contributed by atoms with van der Waals surface area (Å²) in [6, 6.07) is 17.2. The molecule has 0 aromatic heterocycles. The zero-order chi connectivity index (χ0) is 22.5. The van der Waals surface area contributed by atoms with Crippen molar-refractivity contribution in [2.45, 2.75) is 57.9 Å². The Kier molecular flexibility index (Phi) is 6.93. The number of likely N-dealkylation sites (N-methyl/N-ethyl adjacent to an activating group) is 1. The lowest BCUT2D eigenvalue weighted by molar-refractivity contribution is -0.140. The molecule has 1 aliphatic heterocycles. The first kappa shape index (κ1) is 22.1. The van der Waals surface area contributed by atoms with Crippen LogP contribution < -0.4 is 9.64 Å². The number of benzene rings is 2. The molecular formula is C27H32N2O3. The maximum absolute atomic E-state index is 13.9. The first-order chi connectivity index (χ1) is 15.7. The van der Waals surface area contributed by atoms with Crippen molar-refractivity contribution in [1.29, 1.82) is 0 Å². The van der Waals surface area contributed by atoms with Gasteiger partial charge in [-0.3, -0.25) is 14.5 Å². The third-order valence-corrected chi connectivity index (χ3v) is 6.56. The van der Waals surface area contributed by atoms with Gasteiger partial charge in [-0.25, -0.2) is 0 Å². The Labute approximate surface area is 190 Å². The maximum Gasteiger partial charge on any atom is 0.278 e. The molecule has 0 unspecified atom stereocenters. The zero-order valence-electron chi connectivity index (χ0n) is 19.0. The number of para-hydroxylation sites is 1. The molecule has 0 bridgehead atoms. The smallest absolute Gasteiger partial charge is 0.278 e. The summed E-state index contributed by atoms with van der Waals surface area (Å²) in [4.78, 5) is 31.2. The van der Waals surface area contributed by atoms with Gasteiger partial charge in [0.1, 0.15) is 11.4 Å². The molecule has 32 heavy (non-hydrogen) atoms. The molecule has 2 aliphatic rings. The number of methoxy groups -OCH3 is 1. The summed E-state index contributed by atoms with van der Waals surface area (Å²) in [5.41, 5.74) is 2.64. The minimum Gasteiger partial charge on any atom is -0.497 e. The first-order valence-corrected chi connectivity index (χ1v) is 11.7. The van der Waals surface area contributed by atoms with E-state index >= 15 is 0 Å². The van der Waals surface area contributed by atoms with E-state index in [-0.39, 0.29) is 17.9 Å². The molecule has 168 valence electrons. The molecule has 0 radical (unpaired) electrons. The second kappa shape index (κ2) is 10.0. The molecule has 4 rings (SSSR count). The summed E-state index contributed by atoms with van der Waals surface area (Å²) in [6.45, 7) is 2.61. The van der Waals surface area contributed by atoms with Gasteiger partial charge in [0, 0.05) is 18.3 Å². The van der Waals surface area contributed by atoms with E-state index in [1.807, 2.05) is 66.4 Å². The zero-order valence-corrected chi connectivity index (χ0v) is 19.0. The summed E-state index contributed by atoms with van der Waals surface area (Å²) in [5.74, 6) is 0.382. The number of amides is 2. The number of nitrogens with zero attached hydrogens (tertiary/aromatic N) is 2. The van der Waals surface area contributed by atoms with Gasteiger partial charge in [-0.05, 0) is 49.6 Å². The van der Waals surface area contributed by atoms with Crippen LogP contribution in [0.15, 0.2) is 60.3 Å². The summed E-state index contributed by atoms with van der Waals surface area (Å²) < 4.78 is 5.30. The minimum absolute atomic E-state index is 0.0319. The van der Waals surface area contributed by atoms with Crippen molar-refractivity contribution < 1.29 is 14.3 Å². The Morgan fingerprint density at radius 1 is 0.875 bits per heavy atom. The number of rotatable bonds is 6. The normalized spacial score (nSPS) is 18.0. The predicted molar refractivity (Wildman–Crippen MR) is 127 cm³/mol. The van der Waals surface area contributed by atoms with Crippen molar-refractivity contribution in [3.8, 4) is 5.75 Å². The summed E-state index contributed by atoms with van der Waals surface area (Å²) in [5, 5.41) is 0. The Morgan fingerprint density at radius 3 is 2.09 bits per heavy atom. The van der Waals surface area contributed by atoms with Gasteiger partial charge in [0.25, 0.3) is 11.8 Å². The molecule has 5 nitrogen and oxygen atoms in total. The van der Waals surface area contributed by atoms with Crippen molar-refractivity contribution in [1.82, 2.24) is 4.90 Å². The quantitative estimate of drug-likeness (QED) is 0.573. The third kappa shape index (κ3) is 4.29. The van der Waals surface area contributed by atoms with Crippen LogP contribution in [0.5, 0.6) is 5.75 Å². The van der Waals surface area contributed by atoms with Crippen LogP contribution in [0, 0.1) is 0 Å². The van der Waals surface area contributed by atoms with Crippen LogP contribution in [0.4, 0.5) is 5.69 Å². The van der Waals surface area contributed by atoms with Crippen molar-refractivity contribution in [2.24, 2.45) is 0 Å². The topological polar surface area (TPSA) is 49.9 Å². The number of hydrogen-bond donors (Lipinski definition) is 0. The molecule has 2 aromatic rings. The number of carbonyl (C=O) groups excluding carboxylic acids is 2. The third-order valence-electron chi connectivity index (χ3n) is 6.56. The van der Waals surface area contributed by atoms with Crippen LogP contribution in [-0.2, 0) is 9.59 Å². The molecule has 1 aliphatic carbocycles. The minimum atomic E-state index is -0.171. The summed E-state index contributed by atoms with van der Waals surface area (Å²) in [7, 11) is 1.62. The molecule has 1 fully saturated rings. The Morgan fingerprint density at radius 2 is 1.50 bits per heavy atom. The molecule has 0 atom stereocenters. The second-order valence-corrected chi connectivity index (χ2v) is 8.51. The van der Waals surface area contributed by atoms with Gasteiger partial charge in [0.15, 0.2) is 0 Å². The van der Waals surface area contributed by atoms with Gasteiger partial charge in [0.2, 0.25) is 0 Å². The Balaban J connectivity index is 1.79. The van der Waals surface area contributed by atoms with Crippen LogP contribution in [0.1, 0.15) is 57.4 Å². The van der Waals surface area contributed by atoms with Gasteiger partial charge in [-0.15, -0.1) is 0 Å². The van der Waals surface area contributed by atoms with Crippen LogP contribution in [0.3, 0.4) is 0 Å². The number of anilines is 1. The molecule has 2 aromatic carbocycles. The lowest BCUT2D eigenvalue weighted by atomic mass is 9.95. The standard InChI is InChI=1S/C27H32N2O3/c1-3-28(21-12-10-7-11-13-21)25-24(20-16-18-23(32-2)19-17-20)26(30)29(27(25)31)22-14-8-5-4-6-9-15-22/h7,10-13,16-19,22H,3-6,8-9,14-15H2,1-2H3. The van der Waals surface area contributed by atoms with Crippen molar-refractivity contribution >= 4 is 23.1 Å². The number of carbonyl (C=O) groups is 2. The predicted octanol–water partition coefficient (Wildman–Crippen LogP) is 5.41. The lowest BCUT2D eigenvalue weighted by Gasteiger charge is -2.30. The average Bonchev–Trinajstić information content (AvgIpc) is 3.05. The number of ether oxygens (including phenoxy) is 1. The fourth-order valence-electron chi connectivity index (χ4n) is 4.91. The first-order valence-electron chi connectivity index (χ1n) is 11.7. The molecule has 0 spiro atoms. The summed E-state index contributed by atoms with van der Waals surface area (Å²) in [6.07, 6.45) is 7.48. The van der Waals surface area contributed by atoms with Crippen LogP contribution in [0.25, 0.3) is 5.57 Å². The number of imide groups is 1. The molecule has 2 amide bonds. The lowest BCUT2D eigenvalue weighted by Crippen LogP contribution is -2.43. The van der Waals surface area contributed by atoms with Crippen LogP contribution in [-0.4, -0.2) is 36.4 Å². The Hall–Kier alpha value is -3.08. The maximum atomic E-state index is 13.9. The van der Waals surface area contributed by atoms with Crippen molar-refractivity contribution in [3.05, 3.63) is 65.9 Å². The fraction of sp³-hybridized carbons (Fsp3) is 0.407. The van der Waals surface area contributed by atoms with Gasteiger partial charge in [-0.2, -0.15) is 0 Å². The van der Waals surface area contributed by atoms with Gasteiger partial charge in [0.05, 0.1) is 12.7 Å². The van der Waals surface area contributed by atoms with E-state index in [1.54, 1.807) is 12.0 Å². The molecule has 0 N–H and O–H groups in total. The average molecular weight is 433 g/mol. The molecule has 5 heteroatoms.